The van der Waals surface area contributed by atoms with E-state index in [4.69, 9.17) is 17.3 Å². The molecule has 0 saturated carbocycles. The molecule has 20 heavy (non-hydrogen) atoms. The Kier molecular flexibility index (Phi) is 3.74. The number of halogens is 2. The van der Waals surface area contributed by atoms with Gasteiger partial charge in [-0.15, -0.1) is 0 Å². The molecule has 2 heterocycles. The van der Waals surface area contributed by atoms with E-state index in [1.54, 1.807) is 18.3 Å². The van der Waals surface area contributed by atoms with Gasteiger partial charge in [-0.2, -0.15) is 0 Å². The molecule has 1 aromatic heterocycles. The van der Waals surface area contributed by atoms with E-state index >= 15 is 0 Å². The minimum absolute atomic E-state index is 0.181. The highest BCUT2D eigenvalue weighted by Gasteiger charge is 2.26. The summed E-state index contributed by atoms with van der Waals surface area (Å²) in [5, 5.41) is 0.526. The van der Waals surface area contributed by atoms with E-state index in [9.17, 15) is 4.39 Å². The van der Waals surface area contributed by atoms with Gasteiger partial charge in [0.15, 0.2) is 0 Å². The molecular weight excluding hydrogens is 279 g/mol. The molecule has 3 rings (SSSR count). The van der Waals surface area contributed by atoms with Crippen molar-refractivity contribution < 1.29 is 4.39 Å². The summed E-state index contributed by atoms with van der Waals surface area (Å²) in [4.78, 5) is 6.47. The summed E-state index contributed by atoms with van der Waals surface area (Å²) in [5.74, 6) is 0.718. The predicted molar refractivity (Wildman–Crippen MR) is 75.8 cm³/mol. The minimum atomic E-state index is -0.265. The number of imidazole rings is 1. The molecule has 0 aliphatic carbocycles. The van der Waals surface area contributed by atoms with Crippen LogP contribution in [0.2, 0.25) is 5.02 Å². The molecule has 1 atom stereocenters. The van der Waals surface area contributed by atoms with E-state index in [-0.39, 0.29) is 11.9 Å². The van der Waals surface area contributed by atoms with Crippen molar-refractivity contribution in [3.8, 4) is 0 Å². The normalized spacial score (nSPS) is 16.9. The summed E-state index contributed by atoms with van der Waals surface area (Å²) in [7, 11) is 0. The average Bonchev–Trinajstić information content (AvgIpc) is 2.91. The van der Waals surface area contributed by atoms with Crippen molar-refractivity contribution in [3.05, 3.63) is 52.8 Å². The molecule has 106 valence electrons. The lowest BCUT2D eigenvalue weighted by Gasteiger charge is -2.34. The molecule has 0 spiro atoms. The lowest BCUT2D eigenvalue weighted by molar-refractivity contribution is 0.153. The Morgan fingerprint density at radius 1 is 1.40 bits per heavy atom. The second-order valence-electron chi connectivity index (χ2n) is 4.92. The summed E-state index contributed by atoms with van der Waals surface area (Å²) >= 11 is 5.98. The van der Waals surface area contributed by atoms with E-state index < -0.39 is 0 Å². The summed E-state index contributed by atoms with van der Waals surface area (Å²) in [5.41, 5.74) is 6.43. The van der Waals surface area contributed by atoms with E-state index in [1.165, 1.54) is 6.07 Å². The van der Waals surface area contributed by atoms with Gasteiger partial charge < -0.3 is 10.3 Å². The second-order valence-corrected chi connectivity index (χ2v) is 5.36. The van der Waals surface area contributed by atoms with Crippen LogP contribution < -0.4 is 5.73 Å². The fraction of sp³-hybridized carbons (Fsp3) is 0.357. The average molecular weight is 295 g/mol. The Balaban J connectivity index is 1.89. The van der Waals surface area contributed by atoms with Crippen molar-refractivity contribution in [2.45, 2.75) is 19.1 Å². The van der Waals surface area contributed by atoms with Gasteiger partial charge in [-0.1, -0.05) is 11.6 Å². The fourth-order valence-corrected chi connectivity index (χ4v) is 2.88. The van der Waals surface area contributed by atoms with Gasteiger partial charge in [0.25, 0.3) is 0 Å². The van der Waals surface area contributed by atoms with Crippen molar-refractivity contribution in [2.24, 2.45) is 5.73 Å². The van der Waals surface area contributed by atoms with Crippen LogP contribution in [0.3, 0.4) is 0 Å². The lowest BCUT2D eigenvalue weighted by atomic mass is 10.0. The summed E-state index contributed by atoms with van der Waals surface area (Å²) < 4.78 is 16.1. The maximum atomic E-state index is 14.0. The molecular formula is C14H16ClFN4. The van der Waals surface area contributed by atoms with E-state index in [2.05, 4.69) is 14.5 Å². The van der Waals surface area contributed by atoms with Crippen LogP contribution in [0.1, 0.15) is 17.4 Å². The van der Waals surface area contributed by atoms with Gasteiger partial charge in [0.2, 0.25) is 0 Å². The quantitative estimate of drug-likeness (QED) is 0.944. The fourth-order valence-electron chi connectivity index (χ4n) is 2.70. The number of aromatic nitrogens is 2. The molecule has 0 saturated heterocycles. The molecule has 0 amide bonds. The van der Waals surface area contributed by atoms with Gasteiger partial charge in [-0.05, 0) is 18.2 Å². The number of benzene rings is 1. The molecule has 1 aromatic carbocycles. The molecule has 6 heteroatoms. The smallest absolute Gasteiger partial charge is 0.128 e. The van der Waals surface area contributed by atoms with Crippen molar-refractivity contribution in [1.82, 2.24) is 14.5 Å². The molecule has 0 bridgehead atoms. The monoisotopic (exact) mass is 294 g/mol. The zero-order valence-electron chi connectivity index (χ0n) is 11.0. The molecule has 4 nitrogen and oxygen atoms in total. The third-order valence-electron chi connectivity index (χ3n) is 3.76. The second kappa shape index (κ2) is 5.52. The zero-order chi connectivity index (χ0) is 14.1. The molecule has 1 aliphatic rings. The molecule has 2 N–H and O–H groups in total. The molecule has 1 aliphatic heterocycles. The van der Waals surface area contributed by atoms with Gasteiger partial charge in [-0.25, -0.2) is 9.37 Å². The van der Waals surface area contributed by atoms with Gasteiger partial charge in [0.05, 0.1) is 12.6 Å². The Morgan fingerprint density at radius 2 is 2.25 bits per heavy atom. The third kappa shape index (κ3) is 2.44. The maximum Gasteiger partial charge on any atom is 0.128 e. The Hall–Kier alpha value is -1.43. The predicted octanol–water partition coefficient (Wildman–Crippen LogP) is 2.19. The summed E-state index contributed by atoms with van der Waals surface area (Å²) in [6.07, 6.45) is 3.75. The Bertz CT molecular complexity index is 613. The van der Waals surface area contributed by atoms with Crippen molar-refractivity contribution in [2.75, 3.05) is 13.1 Å². The number of nitrogens with zero attached hydrogens (tertiary/aromatic N) is 3. The first-order chi connectivity index (χ1) is 9.69. The number of hydrogen-bond acceptors (Lipinski definition) is 3. The molecule has 1 unspecified atom stereocenters. The van der Waals surface area contributed by atoms with Gasteiger partial charge in [0.1, 0.15) is 11.6 Å². The summed E-state index contributed by atoms with van der Waals surface area (Å²) in [6, 6.07) is 4.43. The number of rotatable bonds is 3. The third-order valence-corrected chi connectivity index (χ3v) is 3.99. The first kappa shape index (κ1) is 13.5. The SMILES string of the molecule is NCC(c1cc(Cl)ccc1F)N1CCn2ccnc2C1. The first-order valence-corrected chi connectivity index (χ1v) is 6.96. The van der Waals surface area contributed by atoms with Crippen LogP contribution in [-0.4, -0.2) is 27.5 Å². The van der Waals surface area contributed by atoms with E-state index in [1.807, 2.05) is 6.20 Å². The van der Waals surface area contributed by atoms with Crippen molar-refractivity contribution in [1.29, 1.82) is 0 Å². The zero-order valence-corrected chi connectivity index (χ0v) is 11.7. The van der Waals surface area contributed by atoms with Crippen LogP contribution in [0.25, 0.3) is 0 Å². The van der Waals surface area contributed by atoms with Gasteiger partial charge in [-0.3, -0.25) is 4.90 Å². The van der Waals surface area contributed by atoms with Crippen LogP contribution >= 0.6 is 11.6 Å². The highest BCUT2D eigenvalue weighted by Crippen LogP contribution is 2.28. The Morgan fingerprint density at radius 3 is 3.05 bits per heavy atom. The molecule has 0 radical (unpaired) electrons. The topological polar surface area (TPSA) is 47.1 Å². The first-order valence-electron chi connectivity index (χ1n) is 6.58. The van der Waals surface area contributed by atoms with E-state index in [0.717, 1.165) is 18.9 Å². The van der Waals surface area contributed by atoms with Crippen LogP contribution in [0.4, 0.5) is 4.39 Å². The number of fused-ring (bicyclic) bond motifs is 1. The largest absolute Gasteiger partial charge is 0.333 e. The Labute approximate surface area is 122 Å². The van der Waals surface area contributed by atoms with Crippen molar-refractivity contribution in [3.63, 3.8) is 0 Å². The van der Waals surface area contributed by atoms with Crippen molar-refractivity contribution >= 4 is 11.6 Å². The standard InChI is InChI=1S/C14H16ClFN4/c15-10-1-2-12(16)11(7-10)13(8-17)20-6-5-19-4-3-18-14(19)9-20/h1-4,7,13H,5-6,8-9,17H2. The molecule has 2 aromatic rings. The molecule has 0 fully saturated rings. The van der Waals surface area contributed by atoms with E-state index in [0.29, 0.717) is 23.7 Å². The minimum Gasteiger partial charge on any atom is -0.333 e. The highest BCUT2D eigenvalue weighted by molar-refractivity contribution is 6.30. The van der Waals surface area contributed by atoms with Gasteiger partial charge in [0, 0.05) is 42.6 Å². The van der Waals surface area contributed by atoms with Crippen LogP contribution in [0.15, 0.2) is 30.6 Å². The summed E-state index contributed by atoms with van der Waals surface area (Å²) in [6.45, 7) is 2.67. The highest BCUT2D eigenvalue weighted by atomic mass is 35.5. The van der Waals surface area contributed by atoms with Gasteiger partial charge >= 0.3 is 0 Å². The number of nitrogens with two attached hydrogens (primary N) is 1. The van der Waals surface area contributed by atoms with Crippen LogP contribution in [-0.2, 0) is 13.1 Å². The lowest BCUT2D eigenvalue weighted by Crippen LogP contribution is -2.40. The maximum absolute atomic E-state index is 14.0. The number of hydrogen-bond donors (Lipinski definition) is 1. The van der Waals surface area contributed by atoms with Crippen LogP contribution in [0, 0.1) is 5.82 Å². The van der Waals surface area contributed by atoms with Crippen LogP contribution in [0.5, 0.6) is 0 Å².